The van der Waals surface area contributed by atoms with E-state index in [1.807, 2.05) is 25.8 Å². The van der Waals surface area contributed by atoms with Gasteiger partial charge in [-0.2, -0.15) is 5.10 Å². The summed E-state index contributed by atoms with van der Waals surface area (Å²) in [7, 11) is 3.67. The van der Waals surface area contributed by atoms with Gasteiger partial charge in [0.25, 0.3) is 0 Å². The number of aliphatic hydroxyl groups is 1. The highest BCUT2D eigenvalue weighted by Gasteiger charge is 2.51. The third-order valence-electron chi connectivity index (χ3n) is 5.74. The Morgan fingerprint density at radius 3 is 2.91 bits per heavy atom. The highest BCUT2D eigenvalue weighted by Crippen LogP contribution is 2.43. The fourth-order valence-electron chi connectivity index (χ4n) is 4.31. The van der Waals surface area contributed by atoms with Gasteiger partial charge < -0.3 is 14.6 Å². The Bertz CT molecular complexity index is 533. The molecule has 1 saturated heterocycles. The lowest BCUT2D eigenvalue weighted by atomic mass is 9.79. The number of rotatable bonds is 6. The molecule has 2 fully saturated rings. The lowest BCUT2D eigenvalue weighted by molar-refractivity contribution is -0.0947. The summed E-state index contributed by atoms with van der Waals surface area (Å²) < 4.78 is 13.4. The summed E-state index contributed by atoms with van der Waals surface area (Å²) in [5.41, 5.74) is 2.28. The van der Waals surface area contributed by atoms with Crippen molar-refractivity contribution in [3.63, 3.8) is 0 Å². The molecule has 6 heteroatoms. The molecule has 1 aromatic rings. The number of hydrogen-bond donors (Lipinski definition) is 1. The average Bonchev–Trinajstić information content (AvgIpc) is 3.09. The van der Waals surface area contributed by atoms with Crippen molar-refractivity contribution >= 4 is 0 Å². The first kappa shape index (κ1) is 16.9. The topological polar surface area (TPSA) is 59.8 Å². The predicted molar refractivity (Wildman–Crippen MR) is 87.3 cm³/mol. The van der Waals surface area contributed by atoms with Gasteiger partial charge in [0.1, 0.15) is 0 Å². The number of fused-ring (bicyclic) bond motifs is 1. The molecule has 0 bridgehead atoms. The monoisotopic (exact) mass is 323 g/mol. The maximum absolute atomic E-state index is 9.08. The fourth-order valence-corrected chi connectivity index (χ4v) is 4.31. The van der Waals surface area contributed by atoms with Gasteiger partial charge in [-0.3, -0.25) is 9.58 Å². The molecule has 1 aromatic heterocycles. The molecular weight excluding hydrogens is 294 g/mol. The minimum Gasteiger partial charge on any atom is -0.394 e. The normalized spacial score (nSPS) is 31.5. The Morgan fingerprint density at radius 2 is 2.22 bits per heavy atom. The van der Waals surface area contributed by atoms with E-state index in [-0.39, 0.29) is 12.2 Å². The van der Waals surface area contributed by atoms with Crippen LogP contribution in [0.4, 0.5) is 0 Å². The van der Waals surface area contributed by atoms with Crippen molar-refractivity contribution in [1.82, 2.24) is 14.7 Å². The van der Waals surface area contributed by atoms with Crippen molar-refractivity contribution in [2.24, 2.45) is 0 Å². The Kier molecular flexibility index (Phi) is 5.06. The number of likely N-dealkylation sites (tertiary alicyclic amines) is 1. The van der Waals surface area contributed by atoms with Gasteiger partial charge in [-0.1, -0.05) is 0 Å². The molecule has 130 valence electrons. The van der Waals surface area contributed by atoms with Gasteiger partial charge in [-0.25, -0.2) is 0 Å². The van der Waals surface area contributed by atoms with E-state index < -0.39 is 0 Å². The molecule has 1 aliphatic carbocycles. The van der Waals surface area contributed by atoms with E-state index in [4.69, 9.17) is 14.6 Å². The summed E-state index contributed by atoms with van der Waals surface area (Å²) in [5.74, 6) is 0. The van der Waals surface area contributed by atoms with Gasteiger partial charge in [-0.05, 0) is 32.6 Å². The van der Waals surface area contributed by atoms with E-state index in [1.54, 1.807) is 0 Å². The van der Waals surface area contributed by atoms with E-state index >= 15 is 0 Å². The Balaban J connectivity index is 1.75. The van der Waals surface area contributed by atoms with E-state index in [0.29, 0.717) is 18.7 Å². The van der Waals surface area contributed by atoms with Crippen LogP contribution in [0.5, 0.6) is 0 Å². The summed E-state index contributed by atoms with van der Waals surface area (Å²) in [6, 6.07) is 0.409. The highest BCUT2D eigenvalue weighted by atomic mass is 16.5. The van der Waals surface area contributed by atoms with Crippen LogP contribution in [-0.2, 0) is 22.6 Å². The van der Waals surface area contributed by atoms with Crippen LogP contribution in [0.1, 0.15) is 36.9 Å². The summed E-state index contributed by atoms with van der Waals surface area (Å²) in [6.45, 7) is 4.66. The number of nitrogens with zero attached hydrogens (tertiary/aromatic N) is 3. The van der Waals surface area contributed by atoms with Crippen molar-refractivity contribution in [2.45, 2.75) is 63.4 Å². The molecule has 3 rings (SSSR count). The zero-order chi connectivity index (χ0) is 16.4. The lowest BCUT2D eigenvalue weighted by Gasteiger charge is -2.43. The Morgan fingerprint density at radius 1 is 1.39 bits per heavy atom. The lowest BCUT2D eigenvalue weighted by Crippen LogP contribution is -2.51. The number of methoxy groups -OCH3 is 2. The molecule has 6 nitrogen and oxygen atoms in total. The maximum Gasteiger partial charge on any atom is 0.0847 e. The molecule has 1 N–H and O–H groups in total. The SMILES string of the molecule is CO[C@@H]1CC[C@@]2(OC)CCN(Cc3cn(CCO)nc3C)[C@H]2C1. The molecule has 0 aromatic carbocycles. The fraction of sp³-hybridized carbons (Fsp3) is 0.824. The van der Waals surface area contributed by atoms with E-state index in [0.717, 1.165) is 44.5 Å². The first-order valence-corrected chi connectivity index (χ1v) is 8.57. The smallest absolute Gasteiger partial charge is 0.0847 e. The molecule has 0 unspecified atom stereocenters. The molecule has 3 atom stereocenters. The zero-order valence-electron chi connectivity index (χ0n) is 14.5. The first-order chi connectivity index (χ1) is 11.1. The molecular formula is C17H29N3O3. The van der Waals surface area contributed by atoms with Crippen LogP contribution in [0, 0.1) is 6.92 Å². The third kappa shape index (κ3) is 3.18. The van der Waals surface area contributed by atoms with Gasteiger partial charge in [0.05, 0.1) is 30.6 Å². The molecule has 1 saturated carbocycles. The number of aromatic nitrogens is 2. The Labute approximate surface area is 138 Å². The second-order valence-electron chi connectivity index (χ2n) is 6.86. The van der Waals surface area contributed by atoms with Crippen LogP contribution >= 0.6 is 0 Å². The quantitative estimate of drug-likeness (QED) is 0.856. The van der Waals surface area contributed by atoms with Crippen molar-refractivity contribution in [3.8, 4) is 0 Å². The van der Waals surface area contributed by atoms with Crippen molar-refractivity contribution < 1.29 is 14.6 Å². The minimum atomic E-state index is -0.00989. The number of hydrogen-bond acceptors (Lipinski definition) is 5. The van der Waals surface area contributed by atoms with Crippen LogP contribution in [0.2, 0.25) is 0 Å². The van der Waals surface area contributed by atoms with Crippen molar-refractivity contribution in [2.75, 3.05) is 27.4 Å². The van der Waals surface area contributed by atoms with E-state index in [2.05, 4.69) is 16.2 Å². The molecule has 23 heavy (non-hydrogen) atoms. The van der Waals surface area contributed by atoms with Crippen LogP contribution < -0.4 is 0 Å². The standard InChI is InChI=1S/C17H29N3O3/c1-13-14(12-20(18-13)8-9-21)11-19-7-6-17(23-3)5-4-15(22-2)10-16(17)19/h12,15-16,21H,4-11H2,1-3H3/t15-,16+,17-/m1/s1. The van der Waals surface area contributed by atoms with Crippen molar-refractivity contribution in [3.05, 3.63) is 17.5 Å². The van der Waals surface area contributed by atoms with Crippen LogP contribution in [0.3, 0.4) is 0 Å². The van der Waals surface area contributed by atoms with Gasteiger partial charge in [0.15, 0.2) is 0 Å². The first-order valence-electron chi connectivity index (χ1n) is 8.57. The summed E-state index contributed by atoms with van der Waals surface area (Å²) in [4.78, 5) is 2.53. The second kappa shape index (κ2) is 6.89. The minimum absolute atomic E-state index is 0.00989. The summed E-state index contributed by atoms with van der Waals surface area (Å²) in [5, 5.41) is 13.6. The summed E-state index contributed by atoms with van der Waals surface area (Å²) in [6.07, 6.45) is 6.69. The van der Waals surface area contributed by atoms with Gasteiger partial charge >= 0.3 is 0 Å². The number of aliphatic hydroxyl groups excluding tert-OH is 1. The Hall–Kier alpha value is -0.950. The predicted octanol–water partition coefficient (Wildman–Crippen LogP) is 1.34. The van der Waals surface area contributed by atoms with Gasteiger partial charge in [0, 0.05) is 45.1 Å². The number of ether oxygens (including phenoxy) is 2. The number of aryl methyl sites for hydroxylation is 1. The average molecular weight is 323 g/mol. The molecule has 0 spiro atoms. The van der Waals surface area contributed by atoms with E-state index in [9.17, 15) is 0 Å². The van der Waals surface area contributed by atoms with Crippen LogP contribution in [0.25, 0.3) is 0 Å². The van der Waals surface area contributed by atoms with Crippen molar-refractivity contribution in [1.29, 1.82) is 0 Å². The maximum atomic E-state index is 9.08. The third-order valence-corrected chi connectivity index (χ3v) is 5.74. The van der Waals surface area contributed by atoms with Crippen LogP contribution in [0.15, 0.2) is 6.20 Å². The second-order valence-corrected chi connectivity index (χ2v) is 6.86. The van der Waals surface area contributed by atoms with E-state index in [1.165, 1.54) is 5.56 Å². The molecule has 0 radical (unpaired) electrons. The van der Waals surface area contributed by atoms with Crippen LogP contribution in [-0.4, -0.2) is 64.9 Å². The molecule has 2 aliphatic rings. The largest absolute Gasteiger partial charge is 0.394 e. The molecule has 2 heterocycles. The molecule has 0 amide bonds. The zero-order valence-corrected chi connectivity index (χ0v) is 14.5. The van der Waals surface area contributed by atoms with Gasteiger partial charge in [-0.15, -0.1) is 0 Å². The highest BCUT2D eigenvalue weighted by molar-refractivity contribution is 5.17. The van der Waals surface area contributed by atoms with Gasteiger partial charge in [0.2, 0.25) is 0 Å². The summed E-state index contributed by atoms with van der Waals surface area (Å²) >= 11 is 0. The molecule has 1 aliphatic heterocycles.